The minimum Gasteiger partial charge on any atom is -0.456 e. The van der Waals surface area contributed by atoms with Crippen molar-refractivity contribution >= 4 is 17.6 Å². The van der Waals surface area contributed by atoms with Crippen LogP contribution in [0.1, 0.15) is 50.5 Å². The van der Waals surface area contributed by atoms with Gasteiger partial charge in [-0.05, 0) is 79.9 Å². The summed E-state index contributed by atoms with van der Waals surface area (Å²) < 4.78 is 5.26. The van der Waals surface area contributed by atoms with Gasteiger partial charge in [0.2, 0.25) is 0 Å². The van der Waals surface area contributed by atoms with E-state index in [9.17, 15) is 9.59 Å². The molecule has 4 aliphatic rings. The summed E-state index contributed by atoms with van der Waals surface area (Å²) in [5.74, 6) is 1.76. The lowest BCUT2D eigenvalue weighted by Gasteiger charge is -2.56. The molecule has 1 N–H and O–H groups in total. The van der Waals surface area contributed by atoms with Crippen LogP contribution in [0.15, 0.2) is 24.3 Å². The average molecular weight is 352 g/mol. The number of amides is 1. The Balaban J connectivity index is 1.27. The fourth-order valence-electron chi connectivity index (χ4n) is 5.87. The molecule has 4 saturated carbocycles. The van der Waals surface area contributed by atoms with Gasteiger partial charge in [0.15, 0.2) is 6.61 Å². The average Bonchev–Trinajstić information content (AvgIpc) is 2.58. The molecule has 0 radical (unpaired) electrons. The first kappa shape index (κ1) is 17.1. The van der Waals surface area contributed by atoms with Crippen molar-refractivity contribution in [2.75, 3.05) is 11.9 Å². The number of carbonyl (C=O) groups is 2. The lowest BCUT2D eigenvalue weighted by atomic mass is 9.49. The SMILES string of the molecule is N#Cc1cccc(NC(=O)COC(=O)CC23CC4CC(CC(C4)C2)C3)c1. The van der Waals surface area contributed by atoms with Gasteiger partial charge in [-0.2, -0.15) is 5.26 Å². The molecule has 4 fully saturated rings. The molecule has 5 heteroatoms. The zero-order valence-electron chi connectivity index (χ0n) is 14.9. The van der Waals surface area contributed by atoms with Crippen molar-refractivity contribution in [1.29, 1.82) is 5.26 Å². The van der Waals surface area contributed by atoms with Crippen molar-refractivity contribution < 1.29 is 14.3 Å². The number of nitriles is 1. The van der Waals surface area contributed by atoms with Crippen LogP contribution in [0.2, 0.25) is 0 Å². The molecule has 0 aliphatic heterocycles. The van der Waals surface area contributed by atoms with Crippen LogP contribution in [0.3, 0.4) is 0 Å². The van der Waals surface area contributed by atoms with E-state index < -0.39 is 0 Å². The standard InChI is InChI=1S/C21H24N2O3/c22-12-14-2-1-3-18(7-14)23-19(24)13-26-20(25)11-21-8-15-4-16(9-21)6-17(5-15)10-21/h1-3,7,15-17H,4-6,8-11,13H2,(H,23,24). The molecule has 1 amide bonds. The third-order valence-electron chi connectivity index (χ3n) is 6.32. The van der Waals surface area contributed by atoms with Crippen LogP contribution in [0.25, 0.3) is 0 Å². The number of ether oxygens (including phenoxy) is 1. The highest BCUT2D eigenvalue weighted by Crippen LogP contribution is 2.61. The number of nitrogens with one attached hydrogen (secondary N) is 1. The smallest absolute Gasteiger partial charge is 0.306 e. The number of rotatable bonds is 5. The highest BCUT2D eigenvalue weighted by atomic mass is 16.5. The summed E-state index contributed by atoms with van der Waals surface area (Å²) in [6.45, 7) is -0.276. The maximum atomic E-state index is 12.3. The maximum Gasteiger partial charge on any atom is 0.306 e. The van der Waals surface area contributed by atoms with Crippen LogP contribution in [0, 0.1) is 34.5 Å². The topological polar surface area (TPSA) is 79.2 Å². The van der Waals surface area contributed by atoms with Crippen LogP contribution in [-0.2, 0) is 14.3 Å². The number of hydrogen-bond donors (Lipinski definition) is 1. The van der Waals surface area contributed by atoms with E-state index in [-0.39, 0.29) is 23.9 Å². The molecule has 26 heavy (non-hydrogen) atoms. The Morgan fingerprint density at radius 1 is 1.15 bits per heavy atom. The van der Waals surface area contributed by atoms with E-state index in [1.807, 2.05) is 6.07 Å². The molecule has 0 unspecified atom stereocenters. The number of benzene rings is 1. The van der Waals surface area contributed by atoms with Crippen molar-refractivity contribution in [2.24, 2.45) is 23.2 Å². The van der Waals surface area contributed by atoms with Gasteiger partial charge in [0.25, 0.3) is 5.91 Å². The van der Waals surface area contributed by atoms with E-state index in [1.54, 1.807) is 24.3 Å². The Morgan fingerprint density at radius 3 is 2.42 bits per heavy atom. The summed E-state index contributed by atoms with van der Waals surface area (Å²) in [5.41, 5.74) is 1.14. The van der Waals surface area contributed by atoms with E-state index in [2.05, 4.69) is 5.32 Å². The Kier molecular flexibility index (Phi) is 4.44. The predicted octanol–water partition coefficient (Wildman–Crippen LogP) is 3.65. The second-order valence-electron chi connectivity index (χ2n) is 8.50. The lowest BCUT2D eigenvalue weighted by molar-refractivity contribution is -0.154. The number of hydrogen-bond acceptors (Lipinski definition) is 4. The van der Waals surface area contributed by atoms with Gasteiger partial charge in [-0.1, -0.05) is 6.07 Å². The monoisotopic (exact) mass is 352 g/mol. The molecule has 1 aromatic rings. The lowest BCUT2D eigenvalue weighted by Crippen LogP contribution is -2.47. The number of carbonyl (C=O) groups excluding carboxylic acids is 2. The van der Waals surface area contributed by atoms with Crippen molar-refractivity contribution in [1.82, 2.24) is 0 Å². The van der Waals surface area contributed by atoms with E-state index in [1.165, 1.54) is 19.3 Å². The Morgan fingerprint density at radius 2 is 1.81 bits per heavy atom. The van der Waals surface area contributed by atoms with Gasteiger partial charge < -0.3 is 10.1 Å². The largest absolute Gasteiger partial charge is 0.456 e. The first-order chi connectivity index (χ1) is 12.5. The molecule has 0 aromatic heterocycles. The predicted molar refractivity (Wildman–Crippen MR) is 96.0 cm³/mol. The second kappa shape index (κ2) is 6.75. The van der Waals surface area contributed by atoms with Gasteiger partial charge in [-0.3, -0.25) is 9.59 Å². The normalized spacial score (nSPS) is 31.3. The van der Waals surface area contributed by atoms with E-state index in [0.29, 0.717) is 17.7 Å². The molecule has 4 aliphatic carbocycles. The zero-order chi connectivity index (χ0) is 18.1. The van der Waals surface area contributed by atoms with Gasteiger partial charge in [-0.15, -0.1) is 0 Å². The molecule has 136 valence electrons. The van der Waals surface area contributed by atoms with Crippen molar-refractivity contribution in [3.63, 3.8) is 0 Å². The highest BCUT2D eigenvalue weighted by Gasteiger charge is 2.51. The van der Waals surface area contributed by atoms with E-state index in [4.69, 9.17) is 10.00 Å². The molecule has 4 bridgehead atoms. The van der Waals surface area contributed by atoms with Gasteiger partial charge in [-0.25, -0.2) is 0 Å². The van der Waals surface area contributed by atoms with E-state index >= 15 is 0 Å². The number of anilines is 1. The zero-order valence-corrected chi connectivity index (χ0v) is 14.9. The van der Waals surface area contributed by atoms with Gasteiger partial charge in [0.05, 0.1) is 18.1 Å². The van der Waals surface area contributed by atoms with Crippen LogP contribution in [-0.4, -0.2) is 18.5 Å². The summed E-state index contributed by atoms with van der Waals surface area (Å²) in [4.78, 5) is 24.3. The van der Waals surface area contributed by atoms with Crippen molar-refractivity contribution in [3.05, 3.63) is 29.8 Å². The molecular weight excluding hydrogens is 328 g/mol. The van der Waals surface area contributed by atoms with Gasteiger partial charge in [0.1, 0.15) is 0 Å². The summed E-state index contributed by atoms with van der Waals surface area (Å²) in [6.07, 6.45) is 7.95. The van der Waals surface area contributed by atoms with Crippen LogP contribution in [0.5, 0.6) is 0 Å². The summed E-state index contributed by atoms with van der Waals surface area (Å²) >= 11 is 0. The third-order valence-corrected chi connectivity index (χ3v) is 6.32. The van der Waals surface area contributed by atoms with Crippen LogP contribution < -0.4 is 5.32 Å². The minimum atomic E-state index is -0.376. The second-order valence-corrected chi connectivity index (χ2v) is 8.50. The quantitative estimate of drug-likeness (QED) is 0.821. The van der Waals surface area contributed by atoms with Crippen LogP contribution >= 0.6 is 0 Å². The fourth-order valence-corrected chi connectivity index (χ4v) is 5.87. The van der Waals surface area contributed by atoms with Gasteiger partial charge in [0, 0.05) is 5.69 Å². The van der Waals surface area contributed by atoms with Crippen molar-refractivity contribution in [3.8, 4) is 6.07 Å². The minimum absolute atomic E-state index is 0.128. The Hall–Kier alpha value is -2.35. The molecule has 5 rings (SSSR count). The summed E-state index contributed by atoms with van der Waals surface area (Å²) in [7, 11) is 0. The third kappa shape index (κ3) is 3.60. The van der Waals surface area contributed by atoms with Crippen LogP contribution in [0.4, 0.5) is 5.69 Å². The van der Waals surface area contributed by atoms with Gasteiger partial charge >= 0.3 is 5.97 Å². The number of esters is 1. The summed E-state index contributed by atoms with van der Waals surface area (Å²) in [5, 5.41) is 11.6. The summed E-state index contributed by atoms with van der Waals surface area (Å²) in [6, 6.07) is 8.69. The molecule has 0 heterocycles. The van der Waals surface area contributed by atoms with Crippen molar-refractivity contribution in [2.45, 2.75) is 44.9 Å². The molecule has 0 spiro atoms. The molecular formula is C21H24N2O3. The fraction of sp³-hybridized carbons (Fsp3) is 0.571. The molecule has 0 atom stereocenters. The highest BCUT2D eigenvalue weighted by molar-refractivity contribution is 5.92. The Labute approximate surface area is 153 Å². The number of nitrogens with zero attached hydrogens (tertiary/aromatic N) is 1. The maximum absolute atomic E-state index is 12.3. The van der Waals surface area contributed by atoms with E-state index in [0.717, 1.165) is 37.0 Å². The first-order valence-corrected chi connectivity index (χ1v) is 9.49. The molecule has 1 aromatic carbocycles. The molecule has 0 saturated heterocycles. The molecule has 5 nitrogen and oxygen atoms in total. The first-order valence-electron chi connectivity index (χ1n) is 9.49. The Bertz CT molecular complexity index is 729.